The lowest BCUT2D eigenvalue weighted by atomic mass is 9.82. The molecule has 0 N–H and O–H groups in total. The van der Waals surface area contributed by atoms with Crippen LogP contribution in [0.2, 0.25) is 0 Å². The average Bonchev–Trinajstić information content (AvgIpc) is 2.46. The van der Waals surface area contributed by atoms with Crippen molar-refractivity contribution in [1.29, 1.82) is 0 Å². The first-order valence-corrected chi connectivity index (χ1v) is 4.54. The van der Waals surface area contributed by atoms with Crippen molar-refractivity contribution in [3.05, 3.63) is 29.8 Å². The molecule has 0 aliphatic heterocycles. The predicted molar refractivity (Wildman–Crippen MR) is 53.4 cm³/mol. The molecule has 0 aliphatic rings. The maximum atomic E-state index is 12.5. The fourth-order valence-corrected chi connectivity index (χ4v) is 1.63. The molecule has 0 aromatic carbocycles. The van der Waals surface area contributed by atoms with Gasteiger partial charge in [0.2, 0.25) is 0 Å². The maximum absolute atomic E-state index is 12.5. The Morgan fingerprint density at radius 2 is 1.87 bits per heavy atom. The molecule has 0 amide bonds. The second-order valence-corrected chi connectivity index (χ2v) is 3.61. The van der Waals surface area contributed by atoms with Crippen LogP contribution in [0.4, 0.5) is 12.9 Å². The number of aromatic nitrogens is 2. The van der Waals surface area contributed by atoms with E-state index in [9.17, 15) is 12.9 Å². The number of nitrogens with zero attached hydrogens (tertiary/aromatic N) is 2. The molecule has 2 heterocycles. The van der Waals surface area contributed by atoms with Crippen molar-refractivity contribution in [1.82, 2.24) is 9.38 Å². The summed E-state index contributed by atoms with van der Waals surface area (Å²) < 4.78 is 38.9. The number of halogens is 3. The summed E-state index contributed by atoms with van der Waals surface area (Å²) in [6.07, 6.45) is 2.70. The summed E-state index contributed by atoms with van der Waals surface area (Å²) in [5, 5.41) is 0. The molecule has 0 saturated heterocycles. The number of hydrogen-bond acceptors (Lipinski definition) is 1. The highest BCUT2D eigenvalue weighted by Gasteiger charge is 2.27. The van der Waals surface area contributed by atoms with E-state index in [1.54, 1.807) is 20.0 Å². The van der Waals surface area contributed by atoms with Crippen LogP contribution in [-0.2, 0) is 0 Å². The van der Waals surface area contributed by atoms with E-state index in [0.29, 0.717) is 16.9 Å². The van der Waals surface area contributed by atoms with Crippen molar-refractivity contribution in [2.75, 3.05) is 0 Å². The predicted octanol–water partition coefficient (Wildman–Crippen LogP) is 2.01. The van der Waals surface area contributed by atoms with Gasteiger partial charge >= 0.3 is 6.98 Å². The SMILES string of the molecule is Cc1cn2cc([B-](F)(F)F)cc2c(C)n1. The monoisotopic (exact) mass is 213 g/mol. The molecule has 2 aromatic heterocycles. The second-order valence-electron chi connectivity index (χ2n) is 3.61. The van der Waals surface area contributed by atoms with Crippen molar-refractivity contribution in [2.45, 2.75) is 13.8 Å². The summed E-state index contributed by atoms with van der Waals surface area (Å²) in [7, 11) is 0. The van der Waals surface area contributed by atoms with Crippen LogP contribution in [0.5, 0.6) is 0 Å². The van der Waals surface area contributed by atoms with Gasteiger partial charge in [-0.1, -0.05) is 11.5 Å². The van der Waals surface area contributed by atoms with Crippen molar-refractivity contribution in [3.8, 4) is 0 Å². The first kappa shape index (κ1) is 10.1. The Morgan fingerprint density at radius 3 is 2.47 bits per heavy atom. The van der Waals surface area contributed by atoms with Gasteiger partial charge in [-0.05, 0) is 20.0 Å². The van der Waals surface area contributed by atoms with Gasteiger partial charge < -0.3 is 17.3 Å². The van der Waals surface area contributed by atoms with Crippen LogP contribution in [0.1, 0.15) is 11.4 Å². The maximum Gasteiger partial charge on any atom is 0.511 e. The number of fused-ring (bicyclic) bond motifs is 1. The van der Waals surface area contributed by atoms with Crippen molar-refractivity contribution in [3.63, 3.8) is 0 Å². The molecule has 0 unspecified atom stereocenters. The Labute approximate surface area is 84.8 Å². The summed E-state index contributed by atoms with van der Waals surface area (Å²) >= 11 is 0. The van der Waals surface area contributed by atoms with E-state index in [1.807, 2.05) is 0 Å². The fraction of sp³-hybridized carbons (Fsp3) is 0.222. The molecular formula is C9H9BF3N2-. The van der Waals surface area contributed by atoms with E-state index in [0.717, 1.165) is 12.3 Å². The third-order valence-corrected chi connectivity index (χ3v) is 2.29. The highest BCUT2D eigenvalue weighted by Crippen LogP contribution is 2.14. The highest BCUT2D eigenvalue weighted by molar-refractivity contribution is 6.73. The summed E-state index contributed by atoms with van der Waals surface area (Å²) in [6, 6.07) is 1.14. The molecule has 0 saturated carbocycles. The lowest BCUT2D eigenvalue weighted by molar-refractivity contribution is 0.501. The molecule has 0 atom stereocenters. The Balaban J connectivity index is 2.71. The van der Waals surface area contributed by atoms with Gasteiger partial charge in [-0.15, -0.1) is 0 Å². The van der Waals surface area contributed by atoms with Crippen LogP contribution in [0.25, 0.3) is 5.52 Å². The van der Waals surface area contributed by atoms with Gasteiger partial charge in [-0.25, -0.2) is 0 Å². The summed E-state index contributed by atoms with van der Waals surface area (Å²) in [5.74, 6) is 0. The molecule has 2 rings (SSSR count). The third-order valence-electron chi connectivity index (χ3n) is 2.29. The van der Waals surface area contributed by atoms with Gasteiger partial charge in [-0.2, -0.15) is 0 Å². The minimum atomic E-state index is -4.93. The molecule has 15 heavy (non-hydrogen) atoms. The molecule has 0 spiro atoms. The smallest absolute Gasteiger partial charge is 0.445 e. The lowest BCUT2D eigenvalue weighted by Gasteiger charge is -2.10. The van der Waals surface area contributed by atoms with Gasteiger partial charge in [-0.3, -0.25) is 4.98 Å². The largest absolute Gasteiger partial charge is 0.511 e. The zero-order valence-electron chi connectivity index (χ0n) is 8.34. The van der Waals surface area contributed by atoms with E-state index in [4.69, 9.17) is 0 Å². The van der Waals surface area contributed by atoms with E-state index in [-0.39, 0.29) is 0 Å². The second kappa shape index (κ2) is 3.02. The Kier molecular flexibility index (Phi) is 2.03. The molecule has 0 bridgehead atoms. The van der Waals surface area contributed by atoms with Crippen LogP contribution in [0, 0.1) is 13.8 Å². The Bertz CT molecular complexity index is 516. The standard InChI is InChI=1S/C9H9BF3N2/c1-6-4-15-5-8(10(11,12)13)3-9(15)7(2)14-6/h3-5H,1-2H3/q-1. The topological polar surface area (TPSA) is 17.3 Å². The summed E-state index contributed by atoms with van der Waals surface area (Å²) in [6.45, 7) is -1.47. The van der Waals surface area contributed by atoms with Crippen molar-refractivity contribution >= 4 is 18.0 Å². The van der Waals surface area contributed by atoms with Crippen LogP contribution >= 0.6 is 0 Å². The fourth-order valence-electron chi connectivity index (χ4n) is 1.63. The van der Waals surface area contributed by atoms with Crippen LogP contribution in [0.3, 0.4) is 0 Å². The molecule has 6 heteroatoms. The first-order chi connectivity index (χ1) is 6.88. The summed E-state index contributed by atoms with van der Waals surface area (Å²) in [4.78, 5) is 4.12. The quantitative estimate of drug-likeness (QED) is 0.662. The van der Waals surface area contributed by atoms with Crippen LogP contribution < -0.4 is 5.46 Å². The van der Waals surface area contributed by atoms with Gasteiger partial charge in [0.25, 0.3) is 0 Å². The third kappa shape index (κ3) is 1.71. The summed E-state index contributed by atoms with van der Waals surface area (Å²) in [5.41, 5.74) is 1.25. The molecule has 2 aromatic rings. The molecule has 0 radical (unpaired) electrons. The molecule has 2 nitrogen and oxygen atoms in total. The molecular weight excluding hydrogens is 204 g/mol. The van der Waals surface area contributed by atoms with E-state index in [2.05, 4.69) is 4.98 Å². The van der Waals surface area contributed by atoms with Gasteiger partial charge in [0.1, 0.15) is 0 Å². The van der Waals surface area contributed by atoms with E-state index < -0.39 is 12.4 Å². The minimum Gasteiger partial charge on any atom is -0.445 e. The Hall–Kier alpha value is -1.46. The zero-order valence-corrected chi connectivity index (χ0v) is 8.34. The molecule has 80 valence electrons. The molecule has 0 aliphatic carbocycles. The number of hydrogen-bond donors (Lipinski definition) is 0. The normalized spacial score (nSPS) is 12.3. The first-order valence-electron chi connectivity index (χ1n) is 4.54. The van der Waals surface area contributed by atoms with E-state index in [1.165, 1.54) is 4.40 Å². The number of aryl methyl sites for hydroxylation is 2. The van der Waals surface area contributed by atoms with Crippen molar-refractivity contribution < 1.29 is 12.9 Å². The average molecular weight is 213 g/mol. The van der Waals surface area contributed by atoms with Gasteiger partial charge in [0, 0.05) is 6.20 Å². The van der Waals surface area contributed by atoms with Gasteiger partial charge in [0.15, 0.2) is 0 Å². The minimum absolute atomic E-state index is 0.509. The Morgan fingerprint density at radius 1 is 1.20 bits per heavy atom. The number of rotatable bonds is 1. The van der Waals surface area contributed by atoms with Crippen LogP contribution in [-0.4, -0.2) is 16.4 Å². The highest BCUT2D eigenvalue weighted by atomic mass is 19.4. The van der Waals surface area contributed by atoms with Gasteiger partial charge in [0.05, 0.1) is 16.9 Å². The zero-order chi connectivity index (χ0) is 11.2. The van der Waals surface area contributed by atoms with Crippen LogP contribution in [0.15, 0.2) is 18.5 Å². The molecule has 0 fully saturated rings. The van der Waals surface area contributed by atoms with Crippen molar-refractivity contribution in [2.24, 2.45) is 0 Å². The lowest BCUT2D eigenvalue weighted by Crippen LogP contribution is -2.32. The van der Waals surface area contributed by atoms with E-state index >= 15 is 0 Å².